The molecule has 2 rings (SSSR count). The number of likely N-dealkylation sites (tertiary alicyclic amines) is 1. The van der Waals surface area contributed by atoms with Crippen molar-refractivity contribution in [2.24, 2.45) is 0 Å². The molecule has 2 atom stereocenters. The fraction of sp³-hybridized carbons (Fsp3) is 0.500. The van der Waals surface area contributed by atoms with E-state index in [1.54, 1.807) is 12.0 Å². The summed E-state index contributed by atoms with van der Waals surface area (Å²) in [6.07, 6.45) is 0.116. The van der Waals surface area contributed by atoms with Gasteiger partial charge in [0.1, 0.15) is 0 Å². The van der Waals surface area contributed by atoms with Gasteiger partial charge in [-0.3, -0.25) is 0 Å². The van der Waals surface area contributed by atoms with Crippen LogP contribution in [0.2, 0.25) is 0 Å². The monoisotopic (exact) mass is 307 g/mol. The summed E-state index contributed by atoms with van der Waals surface area (Å²) < 4.78 is 10.3. The van der Waals surface area contributed by atoms with Crippen LogP contribution >= 0.6 is 0 Å². The number of hydrogen-bond donors (Lipinski definition) is 1. The number of carboxylic acids is 1. The molecule has 0 radical (unpaired) electrons. The van der Waals surface area contributed by atoms with Gasteiger partial charge in [0.25, 0.3) is 0 Å². The van der Waals surface area contributed by atoms with E-state index in [2.05, 4.69) is 0 Å². The second-order valence-corrected chi connectivity index (χ2v) is 5.35. The number of carboxylic acid groups (broad SMARTS) is 1. The van der Waals surface area contributed by atoms with E-state index in [-0.39, 0.29) is 12.5 Å². The molecule has 0 unspecified atom stereocenters. The quantitative estimate of drug-likeness (QED) is 0.869. The smallest absolute Gasteiger partial charge is 0.410 e. The van der Waals surface area contributed by atoms with Gasteiger partial charge in [0.15, 0.2) is 0 Å². The van der Waals surface area contributed by atoms with Gasteiger partial charge in [0.2, 0.25) is 6.10 Å². The van der Waals surface area contributed by atoms with Crippen molar-refractivity contribution in [1.29, 1.82) is 0 Å². The van der Waals surface area contributed by atoms with E-state index in [4.69, 9.17) is 9.47 Å². The third-order valence-electron chi connectivity index (χ3n) is 3.75. The molecule has 6 nitrogen and oxygen atoms in total. The molecule has 0 spiro atoms. The molecule has 0 aromatic heterocycles. The van der Waals surface area contributed by atoms with E-state index in [0.29, 0.717) is 13.2 Å². The first-order valence-electron chi connectivity index (χ1n) is 7.34. The number of aliphatic carboxylic acids is 1. The molecular weight excluding hydrogens is 286 g/mol. The van der Waals surface area contributed by atoms with Crippen LogP contribution in [0, 0.1) is 0 Å². The van der Waals surface area contributed by atoms with Crippen molar-refractivity contribution in [3.8, 4) is 0 Å². The van der Waals surface area contributed by atoms with Crippen LogP contribution in [0.4, 0.5) is 4.79 Å². The van der Waals surface area contributed by atoms with Gasteiger partial charge >= 0.3 is 12.1 Å². The number of carbonyl (C=O) groups is 2. The lowest BCUT2D eigenvalue weighted by atomic mass is 10.1. The summed E-state index contributed by atoms with van der Waals surface area (Å²) in [5.74, 6) is -1.14. The van der Waals surface area contributed by atoms with Crippen LogP contribution in [0.15, 0.2) is 30.3 Å². The Morgan fingerprint density at radius 2 is 2.09 bits per heavy atom. The number of ether oxygens (including phenoxy) is 2. The van der Waals surface area contributed by atoms with Crippen LogP contribution in [-0.4, -0.2) is 54.5 Å². The highest BCUT2D eigenvalue weighted by Gasteiger charge is 2.33. The summed E-state index contributed by atoms with van der Waals surface area (Å²) in [6, 6.07) is 9.09. The second-order valence-electron chi connectivity index (χ2n) is 5.35. The maximum atomic E-state index is 12.2. The summed E-state index contributed by atoms with van der Waals surface area (Å²) in [4.78, 5) is 25.1. The van der Waals surface area contributed by atoms with Crippen LogP contribution in [-0.2, 0) is 20.7 Å². The predicted octanol–water partition coefficient (Wildman–Crippen LogP) is 1.93. The largest absolute Gasteiger partial charge is 0.478 e. The Morgan fingerprint density at radius 3 is 2.73 bits per heavy atom. The number of nitrogens with zero attached hydrogens (tertiary/aromatic N) is 1. The average Bonchev–Trinajstić information content (AvgIpc) is 2.96. The number of benzene rings is 1. The molecule has 1 aliphatic rings. The van der Waals surface area contributed by atoms with Gasteiger partial charge < -0.3 is 19.5 Å². The zero-order valence-corrected chi connectivity index (χ0v) is 12.6. The van der Waals surface area contributed by atoms with E-state index in [9.17, 15) is 14.7 Å². The van der Waals surface area contributed by atoms with Gasteiger partial charge in [-0.25, -0.2) is 9.59 Å². The van der Waals surface area contributed by atoms with E-state index < -0.39 is 18.2 Å². The Labute approximate surface area is 129 Å². The van der Waals surface area contributed by atoms with Gasteiger partial charge in [-0.15, -0.1) is 0 Å². The summed E-state index contributed by atoms with van der Waals surface area (Å²) in [5, 5.41) is 9.28. The molecule has 1 aromatic rings. The number of hydrogen-bond acceptors (Lipinski definition) is 4. The molecule has 22 heavy (non-hydrogen) atoms. The maximum absolute atomic E-state index is 12.2. The first kappa shape index (κ1) is 16.3. The van der Waals surface area contributed by atoms with Crippen molar-refractivity contribution >= 4 is 12.1 Å². The van der Waals surface area contributed by atoms with Crippen LogP contribution in [0.5, 0.6) is 0 Å². The van der Waals surface area contributed by atoms with E-state index >= 15 is 0 Å². The van der Waals surface area contributed by atoms with Gasteiger partial charge in [0, 0.05) is 20.1 Å². The Hall–Kier alpha value is -2.08. The minimum Gasteiger partial charge on any atom is -0.478 e. The zero-order chi connectivity index (χ0) is 15.9. The molecule has 6 heteroatoms. The van der Waals surface area contributed by atoms with Crippen LogP contribution < -0.4 is 0 Å². The Morgan fingerprint density at radius 1 is 1.36 bits per heavy atom. The fourth-order valence-corrected chi connectivity index (χ4v) is 2.64. The highest BCUT2D eigenvalue weighted by molar-refractivity contribution is 5.78. The molecule has 1 amide bonds. The lowest BCUT2D eigenvalue weighted by Gasteiger charge is -2.25. The number of methoxy groups -OCH3 is 1. The number of carbonyl (C=O) groups excluding carboxylic acids is 1. The molecule has 1 N–H and O–H groups in total. The molecule has 0 aliphatic carbocycles. The standard InChI is InChI=1S/C16H21NO5/c1-21-11-13-8-5-9-17(13)16(20)22-14(15(18)19)10-12-6-3-2-4-7-12/h2-4,6-7,13-14H,5,8-11H2,1H3,(H,18,19)/t13-,14-/m0/s1. The molecule has 0 saturated carbocycles. The average molecular weight is 307 g/mol. The first-order chi connectivity index (χ1) is 10.6. The highest BCUT2D eigenvalue weighted by atomic mass is 16.6. The van der Waals surface area contributed by atoms with E-state index in [1.165, 1.54) is 0 Å². The third-order valence-corrected chi connectivity index (χ3v) is 3.75. The van der Waals surface area contributed by atoms with Crippen LogP contribution in [0.3, 0.4) is 0 Å². The zero-order valence-electron chi connectivity index (χ0n) is 12.6. The Bertz CT molecular complexity index is 505. The summed E-state index contributed by atoms with van der Waals surface area (Å²) in [6.45, 7) is 1.01. The van der Waals surface area contributed by atoms with Gasteiger partial charge in [0.05, 0.1) is 12.6 Å². The van der Waals surface area contributed by atoms with Crippen molar-refractivity contribution in [2.45, 2.75) is 31.4 Å². The molecular formula is C16H21NO5. The van der Waals surface area contributed by atoms with Gasteiger partial charge in [-0.2, -0.15) is 0 Å². The van der Waals surface area contributed by atoms with Gasteiger partial charge in [-0.1, -0.05) is 30.3 Å². The minimum atomic E-state index is -1.18. The molecule has 1 aliphatic heterocycles. The minimum absolute atomic E-state index is 0.0383. The van der Waals surface area contributed by atoms with E-state index in [1.807, 2.05) is 30.3 Å². The summed E-state index contributed by atoms with van der Waals surface area (Å²) >= 11 is 0. The molecule has 1 heterocycles. The Balaban J connectivity index is 1.98. The topological polar surface area (TPSA) is 76.1 Å². The lowest BCUT2D eigenvalue weighted by molar-refractivity contribution is -0.147. The Kier molecular flexibility index (Phi) is 5.77. The van der Waals surface area contributed by atoms with Crippen molar-refractivity contribution in [3.05, 3.63) is 35.9 Å². The van der Waals surface area contributed by atoms with Crippen molar-refractivity contribution in [3.63, 3.8) is 0 Å². The molecule has 1 fully saturated rings. The SMILES string of the molecule is COC[C@@H]1CCCN1C(=O)O[C@@H](Cc1ccccc1)C(=O)O. The molecule has 0 bridgehead atoms. The lowest BCUT2D eigenvalue weighted by Crippen LogP contribution is -2.42. The normalized spacial score (nSPS) is 19.0. The summed E-state index contributed by atoms with van der Waals surface area (Å²) in [5.41, 5.74) is 0.817. The van der Waals surface area contributed by atoms with E-state index in [0.717, 1.165) is 18.4 Å². The predicted molar refractivity (Wildman–Crippen MR) is 79.7 cm³/mol. The van der Waals surface area contributed by atoms with Crippen LogP contribution in [0.25, 0.3) is 0 Å². The van der Waals surface area contributed by atoms with Crippen molar-refractivity contribution in [2.75, 3.05) is 20.3 Å². The molecule has 120 valence electrons. The van der Waals surface area contributed by atoms with Crippen molar-refractivity contribution < 1.29 is 24.2 Å². The third kappa shape index (κ3) is 4.21. The van der Waals surface area contributed by atoms with Crippen molar-refractivity contribution in [1.82, 2.24) is 4.90 Å². The second kappa shape index (κ2) is 7.79. The number of rotatable bonds is 6. The van der Waals surface area contributed by atoms with Crippen LogP contribution in [0.1, 0.15) is 18.4 Å². The highest BCUT2D eigenvalue weighted by Crippen LogP contribution is 2.19. The fourth-order valence-electron chi connectivity index (χ4n) is 2.64. The van der Waals surface area contributed by atoms with Gasteiger partial charge in [-0.05, 0) is 18.4 Å². The molecule has 1 aromatic carbocycles. The molecule has 1 saturated heterocycles. The number of amides is 1. The maximum Gasteiger partial charge on any atom is 0.410 e. The summed E-state index contributed by atoms with van der Waals surface area (Å²) in [7, 11) is 1.58. The first-order valence-corrected chi connectivity index (χ1v) is 7.34.